The fraction of sp³-hybridized carbons (Fsp3) is 0.600. The van der Waals surface area contributed by atoms with E-state index in [1.807, 2.05) is 6.20 Å². The van der Waals surface area contributed by atoms with Crippen molar-refractivity contribution >= 4 is 17.2 Å². The molecule has 0 unspecified atom stereocenters. The summed E-state index contributed by atoms with van der Waals surface area (Å²) in [4.78, 5) is 14.7. The van der Waals surface area contributed by atoms with E-state index in [0.717, 1.165) is 92.7 Å². The van der Waals surface area contributed by atoms with Crippen LogP contribution in [0.5, 0.6) is 5.75 Å². The maximum absolute atomic E-state index is 6.51. The Bertz CT molecular complexity index is 1010. The summed E-state index contributed by atoms with van der Waals surface area (Å²) in [6.07, 6.45) is 4.28. The van der Waals surface area contributed by atoms with Gasteiger partial charge in [0.05, 0.1) is 30.2 Å². The maximum atomic E-state index is 6.51. The Hall–Kier alpha value is -2.42. The number of hydrogen-bond acceptors (Lipinski definition) is 8. The fourth-order valence-corrected chi connectivity index (χ4v) is 5.71. The molecule has 0 saturated carbocycles. The lowest BCUT2D eigenvalue weighted by molar-refractivity contribution is 0.0713. The van der Waals surface area contributed by atoms with Crippen LogP contribution in [0.15, 0.2) is 18.3 Å². The van der Waals surface area contributed by atoms with Crippen molar-refractivity contribution in [2.75, 3.05) is 62.7 Å². The summed E-state index contributed by atoms with van der Waals surface area (Å²) < 4.78 is 12.1. The largest absolute Gasteiger partial charge is 0.482 e. The van der Waals surface area contributed by atoms with Gasteiger partial charge >= 0.3 is 0 Å². The second-order valence-electron chi connectivity index (χ2n) is 9.72. The van der Waals surface area contributed by atoms with Crippen molar-refractivity contribution < 1.29 is 9.47 Å². The Morgan fingerprint density at radius 2 is 1.91 bits per heavy atom. The molecule has 33 heavy (non-hydrogen) atoms. The van der Waals surface area contributed by atoms with Gasteiger partial charge in [0.2, 0.25) is 0 Å². The molecule has 8 nitrogen and oxygen atoms in total. The third kappa shape index (κ3) is 3.94. The van der Waals surface area contributed by atoms with Crippen molar-refractivity contribution in [1.29, 1.82) is 0 Å². The van der Waals surface area contributed by atoms with Gasteiger partial charge in [0, 0.05) is 55.7 Å². The number of nitrogens with zero attached hydrogens (tertiary/aromatic N) is 4. The van der Waals surface area contributed by atoms with Crippen molar-refractivity contribution in [3.05, 3.63) is 35.3 Å². The van der Waals surface area contributed by atoms with Crippen molar-refractivity contribution in [3.63, 3.8) is 0 Å². The Kier molecular flexibility index (Phi) is 5.60. The molecule has 8 heteroatoms. The highest BCUT2D eigenvalue weighted by Crippen LogP contribution is 2.44. The van der Waals surface area contributed by atoms with E-state index in [2.05, 4.69) is 46.4 Å². The van der Waals surface area contributed by atoms with Crippen molar-refractivity contribution in [2.24, 2.45) is 0 Å². The molecule has 1 atom stereocenters. The summed E-state index contributed by atoms with van der Waals surface area (Å²) in [5.41, 5.74) is 5.38. The molecule has 176 valence electrons. The van der Waals surface area contributed by atoms with Gasteiger partial charge in [-0.2, -0.15) is 0 Å². The molecule has 4 aliphatic heterocycles. The summed E-state index contributed by atoms with van der Waals surface area (Å²) in [6.45, 7) is 11.9. The first kappa shape index (κ1) is 21.1. The van der Waals surface area contributed by atoms with E-state index in [1.54, 1.807) is 0 Å². The molecule has 0 amide bonds. The highest BCUT2D eigenvalue weighted by molar-refractivity contribution is 5.74. The first-order valence-corrected chi connectivity index (χ1v) is 12.4. The Morgan fingerprint density at radius 1 is 1.12 bits per heavy atom. The van der Waals surface area contributed by atoms with Crippen LogP contribution < -0.4 is 20.3 Å². The molecule has 2 aromatic heterocycles. The number of anilines is 3. The number of rotatable bonds is 3. The van der Waals surface area contributed by atoms with Gasteiger partial charge in [0.1, 0.15) is 11.9 Å². The minimum absolute atomic E-state index is 0.120. The van der Waals surface area contributed by atoms with Crippen LogP contribution in [-0.4, -0.2) is 73.4 Å². The summed E-state index contributed by atoms with van der Waals surface area (Å²) in [5, 5.41) is 7.08. The molecule has 3 saturated heterocycles. The van der Waals surface area contributed by atoms with E-state index in [9.17, 15) is 0 Å². The van der Waals surface area contributed by atoms with Crippen molar-refractivity contribution in [3.8, 4) is 5.75 Å². The van der Waals surface area contributed by atoms with Gasteiger partial charge in [-0.3, -0.25) is 9.88 Å². The lowest BCUT2D eigenvalue weighted by atomic mass is 9.90. The van der Waals surface area contributed by atoms with Crippen LogP contribution in [-0.2, 0) is 4.74 Å². The van der Waals surface area contributed by atoms with Crippen LogP contribution in [0.2, 0.25) is 0 Å². The number of likely N-dealkylation sites (tertiary alicyclic amines) is 1. The maximum Gasteiger partial charge on any atom is 0.164 e. The van der Waals surface area contributed by atoms with Gasteiger partial charge in [-0.05, 0) is 51.9 Å². The molecule has 0 aliphatic carbocycles. The molecule has 4 aliphatic rings. The van der Waals surface area contributed by atoms with Gasteiger partial charge in [0.25, 0.3) is 0 Å². The van der Waals surface area contributed by atoms with Crippen LogP contribution in [0.3, 0.4) is 0 Å². The first-order chi connectivity index (χ1) is 16.2. The molecule has 6 rings (SSSR count). The smallest absolute Gasteiger partial charge is 0.164 e. The average Bonchev–Trinajstić information content (AvgIpc) is 2.96. The monoisotopic (exact) mass is 450 g/mol. The van der Waals surface area contributed by atoms with E-state index in [-0.39, 0.29) is 6.10 Å². The van der Waals surface area contributed by atoms with Gasteiger partial charge < -0.3 is 25.0 Å². The zero-order chi connectivity index (χ0) is 22.4. The van der Waals surface area contributed by atoms with Crippen molar-refractivity contribution in [2.45, 2.75) is 44.8 Å². The first-order valence-electron chi connectivity index (χ1n) is 12.4. The second-order valence-corrected chi connectivity index (χ2v) is 9.72. The predicted molar refractivity (Wildman–Crippen MR) is 129 cm³/mol. The Morgan fingerprint density at radius 3 is 2.70 bits per heavy atom. The zero-order valence-corrected chi connectivity index (χ0v) is 19.6. The lowest BCUT2D eigenvalue weighted by Crippen LogP contribution is -2.53. The number of aromatic nitrogens is 2. The third-order valence-corrected chi connectivity index (χ3v) is 7.59. The van der Waals surface area contributed by atoms with E-state index in [4.69, 9.17) is 19.4 Å². The zero-order valence-electron chi connectivity index (χ0n) is 19.6. The summed E-state index contributed by atoms with van der Waals surface area (Å²) in [5.74, 6) is 2.21. The third-order valence-electron chi connectivity index (χ3n) is 7.59. The van der Waals surface area contributed by atoms with E-state index >= 15 is 0 Å². The number of piperidine rings is 1. The molecular formula is C25H34N6O2. The molecule has 0 aromatic carbocycles. The Balaban J connectivity index is 1.26. The molecule has 6 heterocycles. The molecule has 0 bridgehead atoms. The van der Waals surface area contributed by atoms with Gasteiger partial charge in [-0.15, -0.1) is 0 Å². The number of hydrogen-bond donors (Lipinski definition) is 2. The molecule has 2 aromatic rings. The van der Waals surface area contributed by atoms with Gasteiger partial charge in [0.15, 0.2) is 5.75 Å². The van der Waals surface area contributed by atoms with Gasteiger partial charge in [-0.1, -0.05) is 0 Å². The Labute approximate surface area is 195 Å². The molecule has 0 spiro atoms. The van der Waals surface area contributed by atoms with Crippen LogP contribution in [0.1, 0.15) is 48.7 Å². The standard InChI is InChI=1S/C25H34N6O2/c1-16-24-21(13-20(28-16)18-14-31(15-18)19-3-6-26-7-4-19)29-25-23(17(2)33-24)22(5-8-27-25)30-9-11-32-12-10-30/h5,8,13,17-19,26H,3-4,6-7,9-12,14-15H2,1-2H3,(H,27,29)/t17-/m1/s1. The highest BCUT2D eigenvalue weighted by Gasteiger charge is 2.36. The summed E-state index contributed by atoms with van der Waals surface area (Å²) in [6, 6.07) is 5.01. The number of fused-ring (bicyclic) bond motifs is 2. The van der Waals surface area contributed by atoms with Crippen LogP contribution in [0.25, 0.3) is 0 Å². The fourth-order valence-electron chi connectivity index (χ4n) is 5.71. The molecule has 0 radical (unpaired) electrons. The lowest BCUT2D eigenvalue weighted by Gasteiger charge is -2.45. The van der Waals surface area contributed by atoms with Crippen LogP contribution >= 0.6 is 0 Å². The predicted octanol–water partition coefficient (Wildman–Crippen LogP) is 2.97. The van der Waals surface area contributed by atoms with Crippen LogP contribution in [0, 0.1) is 6.92 Å². The van der Waals surface area contributed by atoms with E-state index in [0.29, 0.717) is 5.92 Å². The number of morpholine rings is 1. The summed E-state index contributed by atoms with van der Waals surface area (Å²) >= 11 is 0. The number of pyridine rings is 2. The van der Waals surface area contributed by atoms with E-state index in [1.165, 1.54) is 18.5 Å². The average molecular weight is 451 g/mol. The molecule has 2 N–H and O–H groups in total. The topological polar surface area (TPSA) is 74.8 Å². The number of ether oxygens (including phenoxy) is 2. The SMILES string of the molecule is Cc1nc(C2CN(C3CCNCC3)C2)cc2c1O[C@H](C)c1c(N3CCOCC3)ccnc1N2. The minimum atomic E-state index is -0.120. The quantitative estimate of drug-likeness (QED) is 0.739. The number of aryl methyl sites for hydroxylation is 1. The van der Waals surface area contributed by atoms with Gasteiger partial charge in [-0.25, -0.2) is 4.98 Å². The highest BCUT2D eigenvalue weighted by atomic mass is 16.5. The molecule has 3 fully saturated rings. The van der Waals surface area contributed by atoms with E-state index < -0.39 is 0 Å². The molecular weight excluding hydrogens is 416 g/mol. The van der Waals surface area contributed by atoms with Crippen LogP contribution in [0.4, 0.5) is 17.2 Å². The normalized spacial score (nSPS) is 24.2. The van der Waals surface area contributed by atoms with Crippen molar-refractivity contribution in [1.82, 2.24) is 20.2 Å². The summed E-state index contributed by atoms with van der Waals surface area (Å²) in [7, 11) is 0. The minimum Gasteiger partial charge on any atom is -0.482 e. The second kappa shape index (κ2) is 8.74. The number of nitrogens with one attached hydrogen (secondary N) is 2.